The Hall–Kier alpha value is -1.12. The molecule has 0 aliphatic carbocycles. The van der Waals surface area contributed by atoms with Crippen molar-refractivity contribution in [2.45, 2.75) is 32.8 Å². The van der Waals surface area contributed by atoms with Crippen molar-refractivity contribution in [2.75, 3.05) is 0 Å². The van der Waals surface area contributed by atoms with Crippen LogP contribution in [0.3, 0.4) is 0 Å². The number of benzene rings is 2. The Morgan fingerprint density at radius 2 is 1.68 bits per heavy atom. The molecule has 19 heavy (non-hydrogen) atoms. The molecule has 100 valence electrons. The van der Waals surface area contributed by atoms with Crippen LogP contribution in [0.5, 0.6) is 0 Å². The zero-order valence-electron chi connectivity index (χ0n) is 11.6. The summed E-state index contributed by atoms with van der Waals surface area (Å²) in [5, 5.41) is 10.8. The molecule has 2 rings (SSSR count). The van der Waals surface area contributed by atoms with Gasteiger partial charge in [0.05, 0.1) is 5.60 Å². The Labute approximate surface area is 123 Å². The lowest BCUT2D eigenvalue weighted by Gasteiger charge is -2.26. The number of aliphatic hydroxyl groups is 1. The highest BCUT2D eigenvalue weighted by atomic mass is 79.9. The molecule has 1 unspecified atom stereocenters. The van der Waals surface area contributed by atoms with Gasteiger partial charge in [-0.1, -0.05) is 46.3 Å². The first-order chi connectivity index (χ1) is 8.90. The molecule has 0 aliphatic heterocycles. The average Bonchev–Trinajstić information content (AvgIpc) is 2.35. The van der Waals surface area contributed by atoms with Crippen LogP contribution in [0.25, 0.3) is 0 Å². The fourth-order valence-electron chi connectivity index (χ4n) is 2.43. The molecule has 0 aromatic heterocycles. The van der Waals surface area contributed by atoms with E-state index in [0.29, 0.717) is 6.42 Å². The molecule has 0 bridgehead atoms. The smallest absolute Gasteiger partial charge is 0.0911 e. The first-order valence-corrected chi connectivity index (χ1v) is 7.23. The van der Waals surface area contributed by atoms with Gasteiger partial charge in [0.1, 0.15) is 0 Å². The lowest BCUT2D eigenvalue weighted by molar-refractivity contribution is 0.0569. The summed E-state index contributed by atoms with van der Waals surface area (Å²) in [6, 6.07) is 14.2. The highest BCUT2D eigenvalue weighted by molar-refractivity contribution is 9.10. The van der Waals surface area contributed by atoms with Gasteiger partial charge < -0.3 is 5.11 Å². The summed E-state index contributed by atoms with van der Waals surface area (Å²) < 4.78 is 1.06. The topological polar surface area (TPSA) is 20.2 Å². The van der Waals surface area contributed by atoms with E-state index in [1.807, 2.05) is 43.3 Å². The summed E-state index contributed by atoms with van der Waals surface area (Å²) in [4.78, 5) is 0. The van der Waals surface area contributed by atoms with Crippen molar-refractivity contribution < 1.29 is 5.11 Å². The SMILES string of the molecule is Cc1cccc(C(C)(O)Cc2ccc(Br)cc2)c1C. The molecule has 0 heterocycles. The van der Waals surface area contributed by atoms with E-state index in [4.69, 9.17) is 0 Å². The van der Waals surface area contributed by atoms with Crippen LogP contribution in [0.1, 0.15) is 29.2 Å². The quantitative estimate of drug-likeness (QED) is 0.882. The molecule has 1 nitrogen and oxygen atoms in total. The molecular formula is C17H19BrO. The average molecular weight is 319 g/mol. The van der Waals surface area contributed by atoms with E-state index in [1.54, 1.807) is 0 Å². The van der Waals surface area contributed by atoms with Gasteiger partial charge in [0.2, 0.25) is 0 Å². The predicted octanol–water partition coefficient (Wildman–Crippen LogP) is 4.52. The lowest BCUT2D eigenvalue weighted by Crippen LogP contribution is -2.25. The van der Waals surface area contributed by atoms with E-state index in [0.717, 1.165) is 15.6 Å². The molecule has 0 radical (unpaired) electrons. The van der Waals surface area contributed by atoms with Gasteiger partial charge in [-0.05, 0) is 55.2 Å². The molecule has 0 saturated carbocycles. The van der Waals surface area contributed by atoms with E-state index < -0.39 is 5.60 Å². The second-order valence-electron chi connectivity index (χ2n) is 5.32. The van der Waals surface area contributed by atoms with Gasteiger partial charge >= 0.3 is 0 Å². The molecule has 0 saturated heterocycles. The van der Waals surface area contributed by atoms with E-state index in [9.17, 15) is 5.11 Å². The molecule has 2 heteroatoms. The van der Waals surface area contributed by atoms with Crippen molar-refractivity contribution in [3.63, 3.8) is 0 Å². The molecule has 1 atom stereocenters. The molecule has 2 aromatic rings. The molecule has 1 N–H and O–H groups in total. The maximum atomic E-state index is 10.8. The van der Waals surface area contributed by atoms with Crippen molar-refractivity contribution in [1.82, 2.24) is 0 Å². The summed E-state index contributed by atoms with van der Waals surface area (Å²) in [5.74, 6) is 0. The second-order valence-corrected chi connectivity index (χ2v) is 6.24. The first-order valence-electron chi connectivity index (χ1n) is 6.44. The highest BCUT2D eigenvalue weighted by Gasteiger charge is 2.25. The van der Waals surface area contributed by atoms with E-state index in [-0.39, 0.29) is 0 Å². The van der Waals surface area contributed by atoms with Gasteiger partial charge in [-0.25, -0.2) is 0 Å². The van der Waals surface area contributed by atoms with Gasteiger partial charge in [0.15, 0.2) is 0 Å². The fourth-order valence-corrected chi connectivity index (χ4v) is 2.69. The summed E-state index contributed by atoms with van der Waals surface area (Å²) in [7, 11) is 0. The lowest BCUT2D eigenvalue weighted by atomic mass is 9.85. The zero-order valence-corrected chi connectivity index (χ0v) is 13.2. The van der Waals surface area contributed by atoms with E-state index >= 15 is 0 Å². The second kappa shape index (κ2) is 5.48. The Morgan fingerprint density at radius 1 is 1.05 bits per heavy atom. The Morgan fingerprint density at radius 3 is 2.32 bits per heavy atom. The Bertz CT molecular complexity index is 570. The van der Waals surface area contributed by atoms with E-state index in [2.05, 4.69) is 35.8 Å². The predicted molar refractivity (Wildman–Crippen MR) is 83.3 cm³/mol. The first kappa shape index (κ1) is 14.3. The third kappa shape index (κ3) is 3.26. The molecule has 2 aromatic carbocycles. The number of hydrogen-bond donors (Lipinski definition) is 1. The summed E-state index contributed by atoms with van der Waals surface area (Å²) in [5.41, 5.74) is 3.69. The van der Waals surface area contributed by atoms with Gasteiger partial charge in [0, 0.05) is 10.9 Å². The summed E-state index contributed by atoms with van der Waals surface area (Å²) in [6.07, 6.45) is 0.616. The Kier molecular flexibility index (Phi) is 4.12. The van der Waals surface area contributed by atoms with Crippen molar-refractivity contribution in [2.24, 2.45) is 0 Å². The number of aryl methyl sites for hydroxylation is 1. The maximum Gasteiger partial charge on any atom is 0.0911 e. The Balaban J connectivity index is 2.31. The van der Waals surface area contributed by atoms with Crippen molar-refractivity contribution in [3.05, 3.63) is 69.2 Å². The number of hydrogen-bond acceptors (Lipinski definition) is 1. The third-order valence-electron chi connectivity index (χ3n) is 3.65. The van der Waals surface area contributed by atoms with Crippen LogP contribution in [-0.2, 0) is 12.0 Å². The molecule has 0 fully saturated rings. The van der Waals surface area contributed by atoms with Crippen molar-refractivity contribution in [3.8, 4) is 0 Å². The minimum absolute atomic E-state index is 0.616. The normalized spacial score (nSPS) is 14.2. The van der Waals surface area contributed by atoms with Gasteiger partial charge in [0.25, 0.3) is 0 Å². The fraction of sp³-hybridized carbons (Fsp3) is 0.294. The molecule has 0 amide bonds. The highest BCUT2D eigenvalue weighted by Crippen LogP contribution is 2.29. The van der Waals surface area contributed by atoms with Crippen LogP contribution in [0, 0.1) is 13.8 Å². The van der Waals surface area contributed by atoms with Crippen LogP contribution in [0.4, 0.5) is 0 Å². The summed E-state index contributed by atoms with van der Waals surface area (Å²) >= 11 is 3.43. The summed E-state index contributed by atoms with van der Waals surface area (Å²) in [6.45, 7) is 6.03. The molecule has 0 spiro atoms. The van der Waals surface area contributed by atoms with Crippen LogP contribution in [0.15, 0.2) is 46.9 Å². The maximum absolute atomic E-state index is 10.8. The minimum Gasteiger partial charge on any atom is -0.385 e. The number of halogens is 1. The third-order valence-corrected chi connectivity index (χ3v) is 4.18. The van der Waals surface area contributed by atoms with Crippen LogP contribution in [0.2, 0.25) is 0 Å². The molecular weight excluding hydrogens is 300 g/mol. The van der Waals surface area contributed by atoms with E-state index in [1.165, 1.54) is 11.1 Å². The number of rotatable bonds is 3. The standard InChI is InChI=1S/C17H19BrO/c1-12-5-4-6-16(13(12)2)17(3,19)11-14-7-9-15(18)10-8-14/h4-10,19H,11H2,1-3H3. The van der Waals surface area contributed by atoms with Gasteiger partial charge in [-0.2, -0.15) is 0 Å². The van der Waals surface area contributed by atoms with Crippen molar-refractivity contribution in [1.29, 1.82) is 0 Å². The zero-order chi connectivity index (χ0) is 14.0. The van der Waals surface area contributed by atoms with Crippen LogP contribution in [-0.4, -0.2) is 5.11 Å². The van der Waals surface area contributed by atoms with Crippen molar-refractivity contribution >= 4 is 15.9 Å². The monoisotopic (exact) mass is 318 g/mol. The molecule has 0 aliphatic rings. The minimum atomic E-state index is -0.843. The largest absolute Gasteiger partial charge is 0.385 e. The van der Waals surface area contributed by atoms with Crippen LogP contribution >= 0.6 is 15.9 Å². The van der Waals surface area contributed by atoms with Gasteiger partial charge in [-0.3, -0.25) is 0 Å². The van der Waals surface area contributed by atoms with Gasteiger partial charge in [-0.15, -0.1) is 0 Å². The van der Waals surface area contributed by atoms with Crippen LogP contribution < -0.4 is 0 Å².